The van der Waals surface area contributed by atoms with Gasteiger partial charge in [0.05, 0.1) is 13.2 Å². The molecule has 0 spiro atoms. The van der Waals surface area contributed by atoms with Gasteiger partial charge in [-0.25, -0.2) is 0 Å². The van der Waals surface area contributed by atoms with Crippen LogP contribution in [-0.4, -0.2) is 43.0 Å². The number of Topliss-reactive ketones (excluding diaryl/α,β-unsaturated/α-hetero) is 1. The highest BCUT2D eigenvalue weighted by atomic mass is 16.5. The van der Waals surface area contributed by atoms with Crippen molar-refractivity contribution in [3.63, 3.8) is 0 Å². The zero-order valence-corrected chi connectivity index (χ0v) is 11.5. The molecule has 0 atom stereocenters. The fourth-order valence-corrected chi connectivity index (χ4v) is 2.31. The summed E-state index contributed by atoms with van der Waals surface area (Å²) < 4.78 is 5.37. The summed E-state index contributed by atoms with van der Waals surface area (Å²) in [5.41, 5.74) is 6.61. The summed E-state index contributed by atoms with van der Waals surface area (Å²) in [6, 6.07) is 7.68. The smallest absolute Gasteiger partial charge is 0.176 e. The van der Waals surface area contributed by atoms with Gasteiger partial charge in [0.25, 0.3) is 0 Å². The van der Waals surface area contributed by atoms with Crippen LogP contribution >= 0.6 is 0 Å². The number of nitrogens with zero attached hydrogens (tertiary/aromatic N) is 1. The van der Waals surface area contributed by atoms with Crippen LogP contribution in [0.25, 0.3) is 0 Å². The molecular weight excluding hydrogens is 240 g/mol. The molecule has 0 aliphatic carbocycles. The quantitative estimate of drug-likeness (QED) is 0.820. The topological polar surface area (TPSA) is 55.6 Å². The molecule has 0 radical (unpaired) electrons. The Bertz CT molecular complexity index is 409. The number of carbonyl (C=O) groups is 1. The van der Waals surface area contributed by atoms with E-state index >= 15 is 0 Å². The third-order valence-corrected chi connectivity index (χ3v) is 3.49. The second kappa shape index (κ2) is 6.68. The van der Waals surface area contributed by atoms with Crippen LogP contribution in [0.2, 0.25) is 0 Å². The van der Waals surface area contributed by atoms with Crippen LogP contribution in [0.5, 0.6) is 5.75 Å². The molecule has 2 N–H and O–H groups in total. The van der Waals surface area contributed by atoms with E-state index in [1.54, 1.807) is 0 Å². The van der Waals surface area contributed by atoms with Gasteiger partial charge in [0.2, 0.25) is 0 Å². The number of hydrogen-bond acceptors (Lipinski definition) is 4. The van der Waals surface area contributed by atoms with Gasteiger partial charge in [-0.1, -0.05) is 0 Å². The Labute approximate surface area is 114 Å². The largest absolute Gasteiger partial charge is 0.494 e. The molecule has 1 saturated heterocycles. The van der Waals surface area contributed by atoms with Gasteiger partial charge in [0.1, 0.15) is 5.75 Å². The Kier molecular flexibility index (Phi) is 4.93. The van der Waals surface area contributed by atoms with Crippen LogP contribution in [0.4, 0.5) is 0 Å². The molecule has 0 bridgehead atoms. The molecule has 0 aromatic heterocycles. The molecule has 4 nitrogen and oxygen atoms in total. The van der Waals surface area contributed by atoms with Crippen molar-refractivity contribution < 1.29 is 9.53 Å². The monoisotopic (exact) mass is 262 g/mol. The molecule has 1 aliphatic rings. The Hall–Kier alpha value is -1.39. The lowest BCUT2D eigenvalue weighted by atomic mass is 10.0. The third kappa shape index (κ3) is 4.04. The maximum atomic E-state index is 12.1. The number of hydrogen-bond donors (Lipinski definition) is 1. The van der Waals surface area contributed by atoms with E-state index in [2.05, 4.69) is 4.90 Å². The molecular formula is C15H22N2O2. The van der Waals surface area contributed by atoms with Gasteiger partial charge in [-0.3, -0.25) is 9.69 Å². The Balaban J connectivity index is 1.88. The minimum atomic E-state index is 0.165. The molecule has 0 unspecified atom stereocenters. The summed E-state index contributed by atoms with van der Waals surface area (Å²) in [5.74, 6) is 0.974. The van der Waals surface area contributed by atoms with Crippen molar-refractivity contribution in [1.29, 1.82) is 0 Å². The summed E-state index contributed by atoms with van der Waals surface area (Å²) in [7, 11) is 0. The van der Waals surface area contributed by atoms with E-state index in [0.29, 0.717) is 19.2 Å². The van der Waals surface area contributed by atoms with Crippen LogP contribution < -0.4 is 10.5 Å². The number of piperidine rings is 1. The maximum absolute atomic E-state index is 12.1. The van der Waals surface area contributed by atoms with E-state index < -0.39 is 0 Å². The predicted octanol–water partition coefficient (Wildman–Crippen LogP) is 1.69. The Morgan fingerprint density at radius 2 is 1.95 bits per heavy atom. The van der Waals surface area contributed by atoms with Crippen LogP contribution in [0.15, 0.2) is 24.3 Å². The SMILES string of the molecule is CCOc1ccc(C(=O)CN2CCC(N)CC2)cc1. The van der Waals surface area contributed by atoms with Gasteiger partial charge >= 0.3 is 0 Å². The number of carbonyl (C=O) groups excluding carboxylic acids is 1. The fourth-order valence-electron chi connectivity index (χ4n) is 2.31. The first-order chi connectivity index (χ1) is 9.19. The highest BCUT2D eigenvalue weighted by molar-refractivity contribution is 5.97. The fraction of sp³-hybridized carbons (Fsp3) is 0.533. The standard InChI is InChI=1S/C15H22N2O2/c1-2-19-14-5-3-12(4-6-14)15(18)11-17-9-7-13(16)8-10-17/h3-6,13H,2,7-11,16H2,1H3. The van der Waals surface area contributed by atoms with E-state index in [-0.39, 0.29) is 5.78 Å². The van der Waals surface area contributed by atoms with E-state index in [4.69, 9.17) is 10.5 Å². The van der Waals surface area contributed by atoms with Crippen molar-refractivity contribution >= 4 is 5.78 Å². The molecule has 1 aromatic rings. The predicted molar refractivity (Wildman–Crippen MR) is 75.6 cm³/mol. The summed E-state index contributed by atoms with van der Waals surface area (Å²) in [5, 5.41) is 0. The lowest BCUT2D eigenvalue weighted by Gasteiger charge is -2.29. The van der Waals surface area contributed by atoms with Gasteiger partial charge in [-0.05, 0) is 44.0 Å². The summed E-state index contributed by atoms with van der Waals surface area (Å²) >= 11 is 0. The zero-order valence-electron chi connectivity index (χ0n) is 11.5. The lowest BCUT2D eigenvalue weighted by Crippen LogP contribution is -2.41. The van der Waals surface area contributed by atoms with E-state index in [1.807, 2.05) is 31.2 Å². The normalized spacial score (nSPS) is 17.4. The first-order valence-electron chi connectivity index (χ1n) is 6.93. The molecule has 1 aliphatic heterocycles. The number of rotatable bonds is 5. The van der Waals surface area contributed by atoms with Crippen LogP contribution in [-0.2, 0) is 0 Å². The Morgan fingerprint density at radius 3 is 2.53 bits per heavy atom. The average molecular weight is 262 g/mol. The van der Waals surface area contributed by atoms with E-state index in [0.717, 1.165) is 37.2 Å². The molecule has 1 heterocycles. The number of nitrogens with two attached hydrogens (primary N) is 1. The van der Waals surface area contributed by atoms with Gasteiger partial charge in [0, 0.05) is 24.7 Å². The Morgan fingerprint density at radius 1 is 1.32 bits per heavy atom. The highest BCUT2D eigenvalue weighted by Crippen LogP contribution is 2.14. The van der Waals surface area contributed by atoms with Crippen LogP contribution in [0.3, 0.4) is 0 Å². The van der Waals surface area contributed by atoms with Crippen molar-refractivity contribution in [2.24, 2.45) is 5.73 Å². The molecule has 104 valence electrons. The first kappa shape index (κ1) is 14.0. The molecule has 4 heteroatoms. The lowest BCUT2D eigenvalue weighted by molar-refractivity contribution is 0.0910. The van der Waals surface area contributed by atoms with Crippen molar-refractivity contribution in [3.8, 4) is 5.75 Å². The van der Waals surface area contributed by atoms with Gasteiger partial charge in [-0.2, -0.15) is 0 Å². The number of ketones is 1. The van der Waals surface area contributed by atoms with E-state index in [9.17, 15) is 4.79 Å². The molecule has 2 rings (SSSR count). The second-order valence-electron chi connectivity index (χ2n) is 4.99. The van der Waals surface area contributed by atoms with Crippen molar-refractivity contribution in [3.05, 3.63) is 29.8 Å². The molecule has 1 fully saturated rings. The maximum Gasteiger partial charge on any atom is 0.176 e. The summed E-state index contributed by atoms with van der Waals surface area (Å²) in [6.07, 6.45) is 1.97. The summed E-state index contributed by atoms with van der Waals surface area (Å²) in [4.78, 5) is 14.3. The van der Waals surface area contributed by atoms with Gasteiger partial charge < -0.3 is 10.5 Å². The van der Waals surface area contributed by atoms with Gasteiger partial charge in [-0.15, -0.1) is 0 Å². The minimum absolute atomic E-state index is 0.165. The average Bonchev–Trinajstić information content (AvgIpc) is 2.42. The number of likely N-dealkylation sites (tertiary alicyclic amines) is 1. The minimum Gasteiger partial charge on any atom is -0.494 e. The third-order valence-electron chi connectivity index (χ3n) is 3.49. The second-order valence-corrected chi connectivity index (χ2v) is 4.99. The molecule has 19 heavy (non-hydrogen) atoms. The molecule has 0 saturated carbocycles. The molecule has 1 aromatic carbocycles. The van der Waals surface area contributed by atoms with Crippen molar-refractivity contribution in [2.75, 3.05) is 26.2 Å². The number of ether oxygens (including phenoxy) is 1. The van der Waals surface area contributed by atoms with Crippen molar-refractivity contribution in [1.82, 2.24) is 4.90 Å². The van der Waals surface area contributed by atoms with Gasteiger partial charge in [0.15, 0.2) is 5.78 Å². The van der Waals surface area contributed by atoms with Crippen molar-refractivity contribution in [2.45, 2.75) is 25.8 Å². The number of benzene rings is 1. The molecule has 0 amide bonds. The summed E-state index contributed by atoms with van der Waals surface area (Å²) in [6.45, 7) is 4.91. The van der Waals surface area contributed by atoms with E-state index in [1.165, 1.54) is 0 Å². The zero-order chi connectivity index (χ0) is 13.7. The van der Waals surface area contributed by atoms with Crippen LogP contribution in [0, 0.1) is 0 Å². The highest BCUT2D eigenvalue weighted by Gasteiger charge is 2.18. The first-order valence-corrected chi connectivity index (χ1v) is 6.93. The van der Waals surface area contributed by atoms with Crippen LogP contribution in [0.1, 0.15) is 30.1 Å².